The first-order chi connectivity index (χ1) is 6.88. The van der Waals surface area contributed by atoms with E-state index in [1.54, 1.807) is 16.8 Å². The zero-order valence-corrected chi connectivity index (χ0v) is 8.85. The third-order valence-corrected chi connectivity index (χ3v) is 2.94. The van der Waals surface area contributed by atoms with E-state index in [9.17, 15) is 0 Å². The minimum Gasteiger partial charge on any atom is -0.415 e. The first-order valence-electron chi connectivity index (χ1n) is 3.91. The Morgan fingerprint density at radius 2 is 2.43 bits per heavy atom. The molecule has 0 radical (unpaired) electrons. The Balaban J connectivity index is 1.92. The molecule has 0 amide bonds. The number of thioether (sulfide) groups is 1. The molecule has 0 fully saturated rings. The molecule has 0 aliphatic rings. The van der Waals surface area contributed by atoms with Gasteiger partial charge >= 0.3 is 0 Å². The Bertz CT molecular complexity index is 386. The maximum absolute atomic E-state index is 5.34. The van der Waals surface area contributed by atoms with Crippen LogP contribution in [0.4, 0.5) is 0 Å². The Morgan fingerprint density at radius 3 is 3.07 bits per heavy atom. The van der Waals surface area contributed by atoms with Gasteiger partial charge in [-0.2, -0.15) is 0 Å². The van der Waals surface area contributed by atoms with Gasteiger partial charge in [-0.1, -0.05) is 11.8 Å². The van der Waals surface area contributed by atoms with Crippen LogP contribution in [0.5, 0.6) is 0 Å². The fourth-order valence-electron chi connectivity index (χ4n) is 0.824. The minimum atomic E-state index is 0.282. The largest absolute Gasteiger partial charge is 0.415 e. The summed E-state index contributed by atoms with van der Waals surface area (Å²) >= 11 is 3.04. The average Bonchev–Trinajstić information content (AvgIpc) is 2.86. The highest BCUT2D eigenvalue weighted by Gasteiger charge is 2.05. The van der Waals surface area contributed by atoms with E-state index in [1.807, 2.05) is 5.38 Å². The molecule has 0 aromatic carbocycles. The molecule has 0 bridgehead atoms. The van der Waals surface area contributed by atoms with E-state index in [-0.39, 0.29) is 6.54 Å². The van der Waals surface area contributed by atoms with E-state index >= 15 is 0 Å². The first-order valence-corrected chi connectivity index (χ1v) is 5.83. The molecule has 0 aliphatic carbocycles. The van der Waals surface area contributed by atoms with Crippen LogP contribution >= 0.6 is 23.1 Å². The zero-order valence-electron chi connectivity index (χ0n) is 7.21. The van der Waals surface area contributed by atoms with Crippen molar-refractivity contribution >= 4 is 23.1 Å². The lowest BCUT2D eigenvalue weighted by Crippen LogP contribution is -1.95. The standard InChI is InChI=1S/C7H8N4OS2/c8-1-6-10-11-7(12-6)14-3-5-2-13-4-9-5/h2,4H,1,3,8H2. The molecule has 2 aromatic heterocycles. The van der Waals surface area contributed by atoms with Gasteiger partial charge in [-0.3, -0.25) is 0 Å². The van der Waals surface area contributed by atoms with Crippen LogP contribution in [0, 0.1) is 0 Å². The van der Waals surface area contributed by atoms with Crippen molar-refractivity contribution in [2.24, 2.45) is 5.73 Å². The predicted octanol–water partition coefficient (Wildman–Crippen LogP) is 1.28. The van der Waals surface area contributed by atoms with Gasteiger partial charge in [0.15, 0.2) is 0 Å². The summed E-state index contributed by atoms with van der Waals surface area (Å²) in [7, 11) is 0. The summed E-state index contributed by atoms with van der Waals surface area (Å²) in [4.78, 5) is 4.14. The molecule has 0 atom stereocenters. The highest BCUT2D eigenvalue weighted by Crippen LogP contribution is 2.20. The topological polar surface area (TPSA) is 77.8 Å². The number of nitrogens with zero attached hydrogens (tertiary/aromatic N) is 3. The molecule has 2 heterocycles. The molecule has 0 saturated carbocycles. The van der Waals surface area contributed by atoms with Crippen LogP contribution in [-0.4, -0.2) is 15.2 Å². The number of hydrogen-bond donors (Lipinski definition) is 1. The Labute approximate surface area is 88.7 Å². The molecule has 5 nitrogen and oxygen atoms in total. The minimum absolute atomic E-state index is 0.282. The molecule has 0 unspecified atom stereocenters. The number of rotatable bonds is 4. The Morgan fingerprint density at radius 1 is 1.50 bits per heavy atom. The number of hydrogen-bond acceptors (Lipinski definition) is 7. The van der Waals surface area contributed by atoms with Gasteiger partial charge in [0, 0.05) is 11.1 Å². The van der Waals surface area contributed by atoms with Crippen LogP contribution < -0.4 is 5.73 Å². The van der Waals surface area contributed by atoms with E-state index in [0.717, 1.165) is 11.4 Å². The second-order valence-corrected chi connectivity index (χ2v) is 4.08. The first kappa shape index (κ1) is 9.63. The molecule has 0 spiro atoms. The van der Waals surface area contributed by atoms with Gasteiger partial charge in [0.05, 0.1) is 17.7 Å². The average molecular weight is 228 g/mol. The second kappa shape index (κ2) is 4.54. The molecule has 0 saturated heterocycles. The van der Waals surface area contributed by atoms with Crippen molar-refractivity contribution in [2.45, 2.75) is 17.5 Å². The summed E-state index contributed by atoms with van der Waals surface area (Å²) in [6.45, 7) is 0.282. The van der Waals surface area contributed by atoms with Gasteiger partial charge < -0.3 is 10.2 Å². The smallest absolute Gasteiger partial charge is 0.277 e. The SMILES string of the molecule is NCc1nnc(SCc2cscn2)o1. The van der Waals surface area contributed by atoms with E-state index in [0.29, 0.717) is 11.1 Å². The van der Waals surface area contributed by atoms with Crippen molar-refractivity contribution in [3.8, 4) is 0 Å². The number of thiazole rings is 1. The van der Waals surface area contributed by atoms with E-state index in [1.165, 1.54) is 11.8 Å². The predicted molar refractivity (Wildman–Crippen MR) is 53.9 cm³/mol. The third kappa shape index (κ3) is 2.31. The normalized spacial score (nSPS) is 10.6. The Hall–Kier alpha value is -0.920. The molecule has 14 heavy (non-hydrogen) atoms. The molecule has 2 aromatic rings. The summed E-state index contributed by atoms with van der Waals surface area (Å²) < 4.78 is 5.22. The van der Waals surface area contributed by atoms with Crippen molar-refractivity contribution in [1.82, 2.24) is 15.2 Å². The summed E-state index contributed by atoms with van der Waals surface area (Å²) in [5.74, 6) is 1.21. The van der Waals surface area contributed by atoms with Gasteiger partial charge in [0.25, 0.3) is 5.22 Å². The summed E-state index contributed by atoms with van der Waals surface area (Å²) in [5.41, 5.74) is 8.16. The molecular weight excluding hydrogens is 220 g/mol. The maximum Gasteiger partial charge on any atom is 0.277 e. The summed E-state index contributed by atoms with van der Waals surface area (Å²) in [6.07, 6.45) is 0. The molecule has 2 rings (SSSR count). The van der Waals surface area contributed by atoms with Gasteiger partial charge in [0.1, 0.15) is 0 Å². The van der Waals surface area contributed by atoms with Crippen molar-refractivity contribution in [2.75, 3.05) is 0 Å². The molecule has 2 N–H and O–H groups in total. The fourth-order valence-corrected chi connectivity index (χ4v) is 2.17. The van der Waals surface area contributed by atoms with Crippen molar-refractivity contribution < 1.29 is 4.42 Å². The second-order valence-electron chi connectivity index (χ2n) is 2.43. The number of nitrogens with two attached hydrogens (primary N) is 1. The third-order valence-electron chi connectivity index (χ3n) is 1.45. The lowest BCUT2D eigenvalue weighted by atomic mass is 10.6. The van der Waals surface area contributed by atoms with Crippen molar-refractivity contribution in [3.63, 3.8) is 0 Å². The highest BCUT2D eigenvalue weighted by atomic mass is 32.2. The zero-order chi connectivity index (χ0) is 9.80. The van der Waals surface area contributed by atoms with Crippen LogP contribution in [0.1, 0.15) is 11.6 Å². The van der Waals surface area contributed by atoms with E-state index in [2.05, 4.69) is 15.2 Å². The van der Waals surface area contributed by atoms with Gasteiger partial charge in [-0.05, 0) is 0 Å². The maximum atomic E-state index is 5.34. The lowest BCUT2D eigenvalue weighted by Gasteiger charge is -1.90. The Kier molecular flexibility index (Phi) is 3.12. The van der Waals surface area contributed by atoms with Crippen LogP contribution in [0.15, 0.2) is 20.5 Å². The molecule has 7 heteroatoms. The van der Waals surface area contributed by atoms with Gasteiger partial charge in [-0.25, -0.2) is 4.98 Å². The van der Waals surface area contributed by atoms with Crippen molar-refractivity contribution in [3.05, 3.63) is 22.5 Å². The van der Waals surface area contributed by atoms with Gasteiger partial charge in [0.2, 0.25) is 5.89 Å². The quantitative estimate of drug-likeness (QED) is 0.794. The van der Waals surface area contributed by atoms with E-state index < -0.39 is 0 Å². The monoisotopic (exact) mass is 228 g/mol. The van der Waals surface area contributed by atoms with Crippen LogP contribution in [-0.2, 0) is 12.3 Å². The van der Waals surface area contributed by atoms with Crippen LogP contribution in [0.25, 0.3) is 0 Å². The van der Waals surface area contributed by atoms with Crippen molar-refractivity contribution in [1.29, 1.82) is 0 Å². The number of aromatic nitrogens is 3. The molecule has 0 aliphatic heterocycles. The van der Waals surface area contributed by atoms with Gasteiger partial charge in [-0.15, -0.1) is 21.5 Å². The van der Waals surface area contributed by atoms with E-state index in [4.69, 9.17) is 10.2 Å². The van der Waals surface area contributed by atoms with Crippen LogP contribution in [0.2, 0.25) is 0 Å². The fraction of sp³-hybridized carbons (Fsp3) is 0.286. The lowest BCUT2D eigenvalue weighted by molar-refractivity contribution is 0.414. The molecular formula is C7H8N4OS2. The van der Waals surface area contributed by atoms with Crippen LogP contribution in [0.3, 0.4) is 0 Å². The molecule has 74 valence electrons. The summed E-state index contributed by atoms with van der Waals surface area (Å²) in [6, 6.07) is 0. The highest BCUT2D eigenvalue weighted by molar-refractivity contribution is 7.98. The summed E-state index contributed by atoms with van der Waals surface area (Å²) in [5, 5.41) is 10.1.